The van der Waals surface area contributed by atoms with Crippen LogP contribution in [0.5, 0.6) is 0 Å². The number of nitrogens with one attached hydrogen (secondary N) is 2. The SMILES string of the molecule is O=C(Nc1ccccc1Br)c1c[nH]c2ccccc12. The first kappa shape index (κ1) is 12.0. The van der Waals surface area contributed by atoms with Crippen molar-refractivity contribution in [1.29, 1.82) is 0 Å². The summed E-state index contributed by atoms with van der Waals surface area (Å²) in [5, 5.41) is 3.82. The van der Waals surface area contributed by atoms with Gasteiger partial charge in [0.15, 0.2) is 0 Å². The largest absolute Gasteiger partial charge is 0.360 e. The summed E-state index contributed by atoms with van der Waals surface area (Å²) < 4.78 is 0.864. The number of benzene rings is 2. The van der Waals surface area contributed by atoms with Crippen LogP contribution in [-0.4, -0.2) is 10.9 Å². The number of rotatable bonds is 2. The maximum absolute atomic E-state index is 12.3. The molecule has 2 N–H and O–H groups in total. The molecule has 1 heterocycles. The fourth-order valence-corrected chi connectivity index (χ4v) is 2.40. The third kappa shape index (κ3) is 2.27. The molecular formula is C15H11BrN2O. The predicted octanol–water partition coefficient (Wildman–Crippen LogP) is 4.18. The van der Waals surface area contributed by atoms with E-state index in [9.17, 15) is 4.79 Å². The number of hydrogen-bond donors (Lipinski definition) is 2. The van der Waals surface area contributed by atoms with E-state index in [-0.39, 0.29) is 5.91 Å². The summed E-state index contributed by atoms with van der Waals surface area (Å²) in [6, 6.07) is 15.3. The summed E-state index contributed by atoms with van der Waals surface area (Å²) in [5.41, 5.74) is 2.36. The lowest BCUT2D eigenvalue weighted by atomic mass is 10.1. The second kappa shape index (κ2) is 4.90. The predicted molar refractivity (Wildman–Crippen MR) is 80.4 cm³/mol. The van der Waals surface area contributed by atoms with Gasteiger partial charge in [0.05, 0.1) is 11.3 Å². The molecule has 2 aromatic carbocycles. The Morgan fingerprint density at radius 1 is 1.05 bits per heavy atom. The van der Waals surface area contributed by atoms with Crippen LogP contribution < -0.4 is 5.32 Å². The number of anilines is 1. The molecule has 1 amide bonds. The number of aromatic nitrogens is 1. The van der Waals surface area contributed by atoms with Crippen LogP contribution >= 0.6 is 15.9 Å². The van der Waals surface area contributed by atoms with E-state index in [4.69, 9.17) is 0 Å². The average Bonchev–Trinajstić information content (AvgIpc) is 2.85. The minimum absolute atomic E-state index is 0.121. The Hall–Kier alpha value is -2.07. The monoisotopic (exact) mass is 314 g/mol. The smallest absolute Gasteiger partial charge is 0.257 e. The molecule has 0 aliphatic carbocycles. The lowest BCUT2D eigenvalue weighted by Gasteiger charge is -2.06. The molecule has 0 unspecified atom stereocenters. The highest BCUT2D eigenvalue weighted by Gasteiger charge is 2.12. The molecule has 19 heavy (non-hydrogen) atoms. The van der Waals surface area contributed by atoms with Gasteiger partial charge in [-0.2, -0.15) is 0 Å². The quantitative estimate of drug-likeness (QED) is 0.732. The number of carbonyl (C=O) groups excluding carboxylic acids is 1. The summed E-state index contributed by atoms with van der Waals surface area (Å²) in [6.45, 7) is 0. The van der Waals surface area contributed by atoms with E-state index >= 15 is 0 Å². The minimum atomic E-state index is -0.121. The molecule has 3 rings (SSSR count). The van der Waals surface area contributed by atoms with Gasteiger partial charge < -0.3 is 10.3 Å². The van der Waals surface area contributed by atoms with Gasteiger partial charge in [-0.05, 0) is 34.1 Å². The number of H-pyrrole nitrogens is 1. The Balaban J connectivity index is 1.95. The van der Waals surface area contributed by atoms with E-state index in [2.05, 4.69) is 26.2 Å². The van der Waals surface area contributed by atoms with E-state index in [0.717, 1.165) is 21.1 Å². The van der Waals surface area contributed by atoms with Crippen LogP contribution in [0.25, 0.3) is 10.9 Å². The van der Waals surface area contributed by atoms with Gasteiger partial charge in [-0.3, -0.25) is 4.79 Å². The molecule has 0 bridgehead atoms. The molecule has 0 saturated heterocycles. The van der Waals surface area contributed by atoms with Crippen molar-refractivity contribution in [1.82, 2.24) is 4.98 Å². The highest BCUT2D eigenvalue weighted by atomic mass is 79.9. The zero-order chi connectivity index (χ0) is 13.2. The molecule has 94 valence electrons. The van der Waals surface area contributed by atoms with Crippen LogP contribution in [0.2, 0.25) is 0 Å². The highest BCUT2D eigenvalue weighted by molar-refractivity contribution is 9.10. The number of aromatic amines is 1. The standard InChI is InChI=1S/C15H11BrN2O/c16-12-6-2-4-8-14(12)18-15(19)11-9-17-13-7-3-1-5-10(11)13/h1-9,17H,(H,18,19). The molecular weight excluding hydrogens is 304 g/mol. The minimum Gasteiger partial charge on any atom is -0.360 e. The first-order valence-corrected chi connectivity index (χ1v) is 6.67. The Bertz CT molecular complexity index is 748. The lowest BCUT2D eigenvalue weighted by molar-refractivity contribution is 0.102. The van der Waals surface area contributed by atoms with Gasteiger partial charge in [-0.15, -0.1) is 0 Å². The van der Waals surface area contributed by atoms with E-state index in [1.165, 1.54) is 0 Å². The van der Waals surface area contributed by atoms with Crippen LogP contribution in [0.3, 0.4) is 0 Å². The molecule has 0 radical (unpaired) electrons. The number of halogens is 1. The van der Waals surface area contributed by atoms with Crippen molar-refractivity contribution in [2.24, 2.45) is 0 Å². The Labute approximate surface area is 118 Å². The van der Waals surface area contributed by atoms with Gasteiger partial charge in [0.2, 0.25) is 0 Å². The second-order valence-electron chi connectivity index (χ2n) is 4.18. The van der Waals surface area contributed by atoms with Crippen molar-refractivity contribution >= 4 is 38.4 Å². The first-order valence-electron chi connectivity index (χ1n) is 5.88. The second-order valence-corrected chi connectivity index (χ2v) is 5.04. The van der Waals surface area contributed by atoms with Gasteiger partial charge in [-0.25, -0.2) is 0 Å². The lowest BCUT2D eigenvalue weighted by Crippen LogP contribution is -2.11. The Kier molecular flexibility index (Phi) is 3.09. The van der Waals surface area contributed by atoms with Gasteiger partial charge in [0.25, 0.3) is 5.91 Å². The number of hydrogen-bond acceptors (Lipinski definition) is 1. The molecule has 0 aliphatic heterocycles. The van der Waals surface area contributed by atoms with E-state index in [1.807, 2.05) is 48.5 Å². The van der Waals surface area contributed by atoms with Crippen LogP contribution in [0.15, 0.2) is 59.2 Å². The third-order valence-electron chi connectivity index (χ3n) is 2.96. The molecule has 3 aromatic rings. The highest BCUT2D eigenvalue weighted by Crippen LogP contribution is 2.23. The summed E-state index contributed by atoms with van der Waals surface area (Å²) in [5.74, 6) is -0.121. The average molecular weight is 315 g/mol. The number of para-hydroxylation sites is 2. The van der Waals surface area contributed by atoms with Crippen molar-refractivity contribution in [2.75, 3.05) is 5.32 Å². The number of amides is 1. The van der Waals surface area contributed by atoms with Crippen LogP contribution in [0.4, 0.5) is 5.69 Å². The van der Waals surface area contributed by atoms with Crippen molar-refractivity contribution in [2.45, 2.75) is 0 Å². The van der Waals surface area contributed by atoms with Crippen LogP contribution in [-0.2, 0) is 0 Å². The van der Waals surface area contributed by atoms with Crippen molar-refractivity contribution in [3.63, 3.8) is 0 Å². The number of fused-ring (bicyclic) bond motifs is 1. The van der Waals surface area contributed by atoms with Crippen molar-refractivity contribution in [3.8, 4) is 0 Å². The van der Waals surface area contributed by atoms with Crippen LogP contribution in [0.1, 0.15) is 10.4 Å². The summed E-state index contributed by atoms with van der Waals surface area (Å²) in [6.07, 6.45) is 1.73. The molecule has 0 aliphatic rings. The zero-order valence-electron chi connectivity index (χ0n) is 9.98. The molecule has 0 atom stereocenters. The summed E-state index contributed by atoms with van der Waals surface area (Å²) in [4.78, 5) is 15.4. The van der Waals surface area contributed by atoms with Gasteiger partial charge in [0, 0.05) is 21.6 Å². The van der Waals surface area contributed by atoms with E-state index in [0.29, 0.717) is 5.56 Å². The first-order chi connectivity index (χ1) is 9.25. The maximum atomic E-state index is 12.3. The van der Waals surface area contributed by atoms with Crippen LogP contribution in [0, 0.1) is 0 Å². The van der Waals surface area contributed by atoms with Gasteiger partial charge >= 0.3 is 0 Å². The third-order valence-corrected chi connectivity index (χ3v) is 3.65. The fraction of sp³-hybridized carbons (Fsp3) is 0. The Morgan fingerprint density at radius 2 is 1.79 bits per heavy atom. The fourth-order valence-electron chi connectivity index (χ4n) is 2.01. The maximum Gasteiger partial charge on any atom is 0.257 e. The normalized spacial score (nSPS) is 10.6. The zero-order valence-corrected chi connectivity index (χ0v) is 11.6. The Morgan fingerprint density at radius 3 is 2.63 bits per heavy atom. The molecule has 1 aromatic heterocycles. The van der Waals surface area contributed by atoms with Crippen molar-refractivity contribution < 1.29 is 4.79 Å². The number of carbonyl (C=O) groups is 1. The van der Waals surface area contributed by atoms with E-state index < -0.39 is 0 Å². The summed E-state index contributed by atoms with van der Waals surface area (Å²) >= 11 is 3.42. The van der Waals surface area contributed by atoms with Gasteiger partial charge in [-0.1, -0.05) is 30.3 Å². The molecule has 3 nitrogen and oxygen atoms in total. The van der Waals surface area contributed by atoms with Gasteiger partial charge in [0.1, 0.15) is 0 Å². The topological polar surface area (TPSA) is 44.9 Å². The molecule has 0 fully saturated rings. The summed E-state index contributed by atoms with van der Waals surface area (Å²) in [7, 11) is 0. The van der Waals surface area contributed by atoms with Crippen molar-refractivity contribution in [3.05, 3.63) is 64.8 Å². The molecule has 0 saturated carbocycles. The molecule has 4 heteroatoms. The molecule has 0 spiro atoms. The van der Waals surface area contributed by atoms with E-state index in [1.54, 1.807) is 6.20 Å².